The normalized spacial score (nSPS) is 19.5. The molecule has 0 saturated carbocycles. The van der Waals surface area contributed by atoms with Gasteiger partial charge < -0.3 is 5.11 Å². The molecule has 3 heteroatoms. The first kappa shape index (κ1) is 12.5. The van der Waals surface area contributed by atoms with Gasteiger partial charge in [-0.15, -0.1) is 23.5 Å². The van der Waals surface area contributed by atoms with Crippen molar-refractivity contribution >= 4 is 23.5 Å². The highest BCUT2D eigenvalue weighted by Crippen LogP contribution is 2.39. The Kier molecular flexibility index (Phi) is 6.06. The van der Waals surface area contributed by atoms with Crippen molar-refractivity contribution < 1.29 is 5.11 Å². The van der Waals surface area contributed by atoms with Gasteiger partial charge in [-0.05, 0) is 43.6 Å². The van der Waals surface area contributed by atoms with Crippen LogP contribution in [0.1, 0.15) is 33.1 Å². The van der Waals surface area contributed by atoms with E-state index in [1.807, 2.05) is 23.5 Å². The molecule has 1 aliphatic rings. The Hall–Kier alpha value is 0.400. The molecule has 0 aromatic heterocycles. The monoisotopic (exact) mass is 232 g/mol. The quantitative estimate of drug-likeness (QED) is 0.801. The van der Waals surface area contributed by atoms with Crippen LogP contribution < -0.4 is 0 Å². The number of aliphatic hydroxyl groups is 1. The van der Waals surface area contributed by atoms with Crippen molar-refractivity contribution in [3.8, 4) is 0 Å². The van der Waals surface area contributed by atoms with Crippen LogP contribution in [-0.2, 0) is 0 Å². The predicted octanol–water partition coefficient (Wildman–Crippen LogP) is 3.50. The van der Waals surface area contributed by atoms with Crippen LogP contribution in [0.15, 0.2) is 9.81 Å². The summed E-state index contributed by atoms with van der Waals surface area (Å²) in [6, 6.07) is 0. The zero-order valence-electron chi connectivity index (χ0n) is 9.08. The molecule has 0 aromatic carbocycles. The highest BCUT2D eigenvalue weighted by Gasteiger charge is 2.13. The molecule has 0 radical (unpaired) electrons. The van der Waals surface area contributed by atoms with Crippen molar-refractivity contribution in [1.29, 1.82) is 0 Å². The van der Waals surface area contributed by atoms with Gasteiger partial charge in [-0.1, -0.05) is 12.5 Å². The lowest BCUT2D eigenvalue weighted by molar-refractivity contribution is 0.278. The molecule has 1 aliphatic heterocycles. The molecular formula is C11H20OS2. The molecule has 0 amide bonds. The zero-order valence-corrected chi connectivity index (χ0v) is 10.7. The van der Waals surface area contributed by atoms with Crippen molar-refractivity contribution in [3.63, 3.8) is 0 Å². The van der Waals surface area contributed by atoms with Crippen molar-refractivity contribution in [2.24, 2.45) is 5.92 Å². The van der Waals surface area contributed by atoms with Gasteiger partial charge >= 0.3 is 0 Å². The Bertz CT molecular complexity index is 193. The fraction of sp³-hybridized carbons (Fsp3) is 0.818. The van der Waals surface area contributed by atoms with Crippen LogP contribution in [0, 0.1) is 5.92 Å². The molecule has 0 bridgehead atoms. The number of hydrogen-bond donors (Lipinski definition) is 1. The largest absolute Gasteiger partial charge is 0.396 e. The van der Waals surface area contributed by atoms with Gasteiger partial charge in [0.2, 0.25) is 0 Å². The minimum Gasteiger partial charge on any atom is -0.396 e. The van der Waals surface area contributed by atoms with Crippen LogP contribution in [0.4, 0.5) is 0 Å². The lowest BCUT2D eigenvalue weighted by Crippen LogP contribution is -2.02. The van der Waals surface area contributed by atoms with E-state index < -0.39 is 0 Å². The van der Waals surface area contributed by atoms with E-state index in [1.54, 1.807) is 4.24 Å². The molecule has 82 valence electrons. The topological polar surface area (TPSA) is 20.2 Å². The Morgan fingerprint density at radius 1 is 1.43 bits per heavy atom. The molecule has 1 N–H and O–H groups in total. The summed E-state index contributed by atoms with van der Waals surface area (Å²) in [6.07, 6.45) is 3.39. The van der Waals surface area contributed by atoms with Gasteiger partial charge in [-0.3, -0.25) is 0 Å². The molecule has 1 nitrogen and oxygen atoms in total. The van der Waals surface area contributed by atoms with Crippen LogP contribution in [0.5, 0.6) is 0 Å². The van der Waals surface area contributed by atoms with Crippen LogP contribution in [0.3, 0.4) is 0 Å². The summed E-state index contributed by atoms with van der Waals surface area (Å²) in [7, 11) is 0. The molecule has 1 fully saturated rings. The predicted molar refractivity (Wildman–Crippen MR) is 67.7 cm³/mol. The van der Waals surface area contributed by atoms with Gasteiger partial charge in [-0.2, -0.15) is 0 Å². The minimum atomic E-state index is 0.327. The van der Waals surface area contributed by atoms with Gasteiger partial charge in [0, 0.05) is 10.8 Å². The number of rotatable bonds is 4. The standard InChI is InChI=1S/C11H20OS2/c1-9(5-3-6-12)10(2)11-13-7-4-8-14-11/h9,12H,3-8H2,1-2H3. The third-order valence-electron chi connectivity index (χ3n) is 2.61. The van der Waals surface area contributed by atoms with E-state index in [2.05, 4.69) is 13.8 Å². The fourth-order valence-corrected chi connectivity index (χ4v) is 4.30. The van der Waals surface area contributed by atoms with Crippen LogP contribution in [0.25, 0.3) is 0 Å². The van der Waals surface area contributed by atoms with Crippen LogP contribution in [0.2, 0.25) is 0 Å². The van der Waals surface area contributed by atoms with E-state index in [0.717, 1.165) is 12.8 Å². The van der Waals surface area contributed by atoms with Crippen molar-refractivity contribution in [1.82, 2.24) is 0 Å². The second-order valence-electron chi connectivity index (χ2n) is 3.79. The molecular weight excluding hydrogens is 212 g/mol. The van der Waals surface area contributed by atoms with E-state index in [0.29, 0.717) is 12.5 Å². The third kappa shape index (κ3) is 3.87. The third-order valence-corrected chi connectivity index (χ3v) is 5.47. The summed E-state index contributed by atoms with van der Waals surface area (Å²) in [5.74, 6) is 3.20. The summed E-state index contributed by atoms with van der Waals surface area (Å²) < 4.78 is 1.54. The maximum atomic E-state index is 8.78. The van der Waals surface area contributed by atoms with E-state index in [4.69, 9.17) is 5.11 Å². The van der Waals surface area contributed by atoms with Crippen LogP contribution in [-0.4, -0.2) is 23.2 Å². The van der Waals surface area contributed by atoms with Crippen molar-refractivity contribution in [2.45, 2.75) is 33.1 Å². The first-order valence-corrected chi connectivity index (χ1v) is 7.30. The number of thioether (sulfide) groups is 2. The average molecular weight is 232 g/mol. The molecule has 1 heterocycles. The van der Waals surface area contributed by atoms with Gasteiger partial charge in [0.1, 0.15) is 0 Å². The second kappa shape index (κ2) is 6.81. The lowest BCUT2D eigenvalue weighted by Gasteiger charge is -2.20. The highest BCUT2D eigenvalue weighted by atomic mass is 32.2. The van der Waals surface area contributed by atoms with E-state index in [1.165, 1.54) is 23.5 Å². The zero-order chi connectivity index (χ0) is 10.4. The molecule has 0 aromatic rings. The molecule has 0 aliphatic carbocycles. The molecule has 1 saturated heterocycles. The summed E-state index contributed by atoms with van der Waals surface area (Å²) in [5, 5.41) is 8.78. The minimum absolute atomic E-state index is 0.327. The number of allylic oxidation sites excluding steroid dienone is 1. The average Bonchev–Trinajstić information content (AvgIpc) is 2.26. The summed E-state index contributed by atoms with van der Waals surface area (Å²) in [5.41, 5.74) is 1.54. The maximum absolute atomic E-state index is 8.78. The molecule has 1 rings (SSSR count). The smallest absolute Gasteiger partial charge is 0.0431 e. The molecule has 1 unspecified atom stereocenters. The Balaban J connectivity index is 2.46. The first-order chi connectivity index (χ1) is 6.75. The Labute approximate surface area is 95.7 Å². The first-order valence-electron chi connectivity index (χ1n) is 5.33. The van der Waals surface area contributed by atoms with E-state index in [9.17, 15) is 0 Å². The fourth-order valence-electron chi connectivity index (χ4n) is 1.47. The molecule has 14 heavy (non-hydrogen) atoms. The van der Waals surface area contributed by atoms with Gasteiger partial charge in [-0.25, -0.2) is 0 Å². The summed E-state index contributed by atoms with van der Waals surface area (Å²) in [4.78, 5) is 0. The Morgan fingerprint density at radius 3 is 2.64 bits per heavy atom. The summed E-state index contributed by atoms with van der Waals surface area (Å²) in [6.45, 7) is 4.85. The Morgan fingerprint density at radius 2 is 2.07 bits per heavy atom. The van der Waals surface area contributed by atoms with E-state index >= 15 is 0 Å². The highest BCUT2D eigenvalue weighted by molar-refractivity contribution is 8.22. The van der Waals surface area contributed by atoms with Crippen LogP contribution >= 0.6 is 23.5 Å². The van der Waals surface area contributed by atoms with Gasteiger partial charge in [0.15, 0.2) is 0 Å². The molecule has 1 atom stereocenters. The summed E-state index contributed by atoms with van der Waals surface area (Å²) >= 11 is 4.03. The number of aliphatic hydroxyl groups excluding tert-OH is 1. The van der Waals surface area contributed by atoms with Crippen molar-refractivity contribution in [2.75, 3.05) is 18.1 Å². The lowest BCUT2D eigenvalue weighted by atomic mass is 9.99. The SMILES string of the molecule is CC(=C1SCCCS1)C(C)CCCO. The maximum Gasteiger partial charge on any atom is 0.0431 e. The van der Waals surface area contributed by atoms with E-state index in [-0.39, 0.29) is 0 Å². The van der Waals surface area contributed by atoms with Gasteiger partial charge in [0.25, 0.3) is 0 Å². The molecule has 0 spiro atoms. The van der Waals surface area contributed by atoms with Crippen molar-refractivity contribution in [3.05, 3.63) is 9.81 Å². The number of hydrogen-bond acceptors (Lipinski definition) is 3. The second-order valence-corrected chi connectivity index (χ2v) is 6.26. The van der Waals surface area contributed by atoms with Gasteiger partial charge in [0.05, 0.1) is 0 Å².